The van der Waals surface area contributed by atoms with E-state index >= 15 is 0 Å². The maximum atomic E-state index is 10.5. The summed E-state index contributed by atoms with van der Waals surface area (Å²) in [5, 5.41) is 10.5. The zero-order chi connectivity index (χ0) is 10.8. The Hall–Kier alpha value is -1.95. The highest BCUT2D eigenvalue weighted by atomic mass is 16.6. The van der Waals surface area contributed by atoms with Crippen molar-refractivity contribution in [3.63, 3.8) is 0 Å². The summed E-state index contributed by atoms with van der Waals surface area (Å²) < 4.78 is 5.30. The number of nitrogens with zero attached hydrogens (tertiary/aromatic N) is 2. The third-order valence-corrected chi connectivity index (χ3v) is 1.99. The van der Waals surface area contributed by atoms with Crippen LogP contribution in [-0.4, -0.2) is 16.5 Å². The fraction of sp³-hybridized carbons (Fsp3) is 0.222. The standard InChI is InChI=1S/C9H9N3O3/c10-4-3-9-11-7-2-1-6(12(13)14)5-8(7)15-9/h1-2,5H,3-4,10H2. The fourth-order valence-electron chi connectivity index (χ4n) is 1.30. The van der Waals surface area contributed by atoms with Crippen LogP contribution in [-0.2, 0) is 6.42 Å². The van der Waals surface area contributed by atoms with Crippen molar-refractivity contribution in [3.05, 3.63) is 34.2 Å². The Kier molecular flexibility index (Phi) is 2.34. The van der Waals surface area contributed by atoms with Crippen molar-refractivity contribution in [1.29, 1.82) is 0 Å². The molecule has 0 spiro atoms. The molecule has 0 radical (unpaired) electrons. The molecule has 1 aromatic heterocycles. The molecule has 0 aliphatic heterocycles. The molecule has 1 aromatic carbocycles. The minimum absolute atomic E-state index is 0.00190. The fourth-order valence-corrected chi connectivity index (χ4v) is 1.30. The predicted octanol–water partition coefficient (Wildman–Crippen LogP) is 1.24. The van der Waals surface area contributed by atoms with E-state index in [9.17, 15) is 10.1 Å². The quantitative estimate of drug-likeness (QED) is 0.603. The number of rotatable bonds is 3. The van der Waals surface area contributed by atoms with E-state index in [1.807, 2.05) is 0 Å². The van der Waals surface area contributed by atoms with Gasteiger partial charge in [0.1, 0.15) is 5.52 Å². The largest absolute Gasteiger partial charge is 0.440 e. The molecule has 2 aromatic rings. The van der Waals surface area contributed by atoms with Crippen LogP contribution in [0.3, 0.4) is 0 Å². The second-order valence-corrected chi connectivity index (χ2v) is 3.06. The molecular weight excluding hydrogens is 198 g/mol. The van der Waals surface area contributed by atoms with E-state index in [4.69, 9.17) is 10.2 Å². The second-order valence-electron chi connectivity index (χ2n) is 3.06. The van der Waals surface area contributed by atoms with Gasteiger partial charge in [0, 0.05) is 19.0 Å². The van der Waals surface area contributed by atoms with Gasteiger partial charge < -0.3 is 10.2 Å². The van der Waals surface area contributed by atoms with E-state index in [-0.39, 0.29) is 5.69 Å². The minimum atomic E-state index is -0.468. The van der Waals surface area contributed by atoms with E-state index < -0.39 is 4.92 Å². The van der Waals surface area contributed by atoms with Gasteiger partial charge in [0.2, 0.25) is 0 Å². The summed E-state index contributed by atoms with van der Waals surface area (Å²) in [6.07, 6.45) is 0.530. The molecule has 1 heterocycles. The molecule has 2 N–H and O–H groups in total. The summed E-state index contributed by atoms with van der Waals surface area (Å²) in [6.45, 7) is 0.439. The van der Waals surface area contributed by atoms with Crippen LogP contribution in [0, 0.1) is 10.1 Å². The first kappa shape index (κ1) is 9.60. The normalized spacial score (nSPS) is 10.7. The van der Waals surface area contributed by atoms with E-state index in [2.05, 4.69) is 4.98 Å². The Bertz CT molecular complexity index is 506. The molecule has 15 heavy (non-hydrogen) atoms. The monoisotopic (exact) mass is 207 g/mol. The van der Waals surface area contributed by atoms with Crippen molar-refractivity contribution in [1.82, 2.24) is 4.98 Å². The number of aromatic nitrogens is 1. The van der Waals surface area contributed by atoms with Crippen molar-refractivity contribution in [2.75, 3.05) is 6.54 Å². The first-order valence-corrected chi connectivity index (χ1v) is 4.44. The number of hydrogen-bond acceptors (Lipinski definition) is 5. The van der Waals surface area contributed by atoms with Gasteiger partial charge >= 0.3 is 0 Å². The first-order chi connectivity index (χ1) is 7.20. The molecule has 6 heteroatoms. The molecule has 0 atom stereocenters. The lowest BCUT2D eigenvalue weighted by molar-refractivity contribution is -0.384. The molecular formula is C9H9N3O3. The number of hydrogen-bond donors (Lipinski definition) is 1. The number of non-ortho nitro benzene ring substituents is 1. The number of nitro groups is 1. The summed E-state index contributed by atoms with van der Waals surface area (Å²) in [4.78, 5) is 14.2. The first-order valence-electron chi connectivity index (χ1n) is 4.44. The zero-order valence-electron chi connectivity index (χ0n) is 7.84. The molecule has 6 nitrogen and oxygen atoms in total. The highest BCUT2D eigenvalue weighted by Crippen LogP contribution is 2.21. The van der Waals surface area contributed by atoms with Crippen LogP contribution in [0.25, 0.3) is 11.1 Å². The maximum absolute atomic E-state index is 10.5. The smallest absolute Gasteiger partial charge is 0.273 e. The van der Waals surface area contributed by atoms with Crippen molar-refractivity contribution < 1.29 is 9.34 Å². The average Bonchev–Trinajstić information content (AvgIpc) is 2.59. The molecule has 0 saturated carbocycles. The van der Waals surface area contributed by atoms with Gasteiger partial charge in [-0.1, -0.05) is 0 Å². The van der Waals surface area contributed by atoms with Gasteiger partial charge in [0.25, 0.3) is 5.69 Å². The summed E-state index contributed by atoms with van der Waals surface area (Å²) in [7, 11) is 0. The number of fused-ring (bicyclic) bond motifs is 1. The lowest BCUT2D eigenvalue weighted by Gasteiger charge is -1.88. The molecule has 0 amide bonds. The average molecular weight is 207 g/mol. The Balaban J connectivity index is 2.47. The predicted molar refractivity (Wildman–Crippen MR) is 53.4 cm³/mol. The van der Waals surface area contributed by atoms with Crippen molar-refractivity contribution in [2.24, 2.45) is 5.73 Å². The van der Waals surface area contributed by atoms with E-state index in [0.717, 1.165) is 0 Å². The van der Waals surface area contributed by atoms with Crippen molar-refractivity contribution >= 4 is 16.8 Å². The molecule has 0 fully saturated rings. The number of nitrogens with two attached hydrogens (primary N) is 1. The van der Waals surface area contributed by atoms with Gasteiger partial charge in [0.15, 0.2) is 11.5 Å². The lowest BCUT2D eigenvalue weighted by Crippen LogP contribution is -2.02. The summed E-state index contributed by atoms with van der Waals surface area (Å²) in [5.41, 5.74) is 6.39. The molecule has 0 unspecified atom stereocenters. The van der Waals surface area contributed by atoms with Gasteiger partial charge in [-0.05, 0) is 6.07 Å². The van der Waals surface area contributed by atoms with Crippen LogP contribution in [0.2, 0.25) is 0 Å². The topological polar surface area (TPSA) is 95.2 Å². The van der Waals surface area contributed by atoms with Gasteiger partial charge in [-0.3, -0.25) is 10.1 Å². The van der Waals surface area contributed by atoms with Crippen molar-refractivity contribution in [2.45, 2.75) is 6.42 Å². The molecule has 0 saturated heterocycles. The minimum Gasteiger partial charge on any atom is -0.440 e. The van der Waals surface area contributed by atoms with Crippen LogP contribution in [0.5, 0.6) is 0 Å². The SMILES string of the molecule is NCCc1nc2ccc([N+](=O)[O-])cc2o1. The lowest BCUT2D eigenvalue weighted by atomic mass is 10.3. The van der Waals surface area contributed by atoms with E-state index in [1.165, 1.54) is 12.1 Å². The van der Waals surface area contributed by atoms with Gasteiger partial charge in [-0.2, -0.15) is 0 Å². The van der Waals surface area contributed by atoms with E-state index in [1.54, 1.807) is 6.07 Å². The van der Waals surface area contributed by atoms with E-state index in [0.29, 0.717) is 30.0 Å². The molecule has 0 bridgehead atoms. The summed E-state index contributed by atoms with van der Waals surface area (Å²) >= 11 is 0. The number of nitro benzene ring substituents is 1. The van der Waals surface area contributed by atoms with Gasteiger partial charge in [-0.15, -0.1) is 0 Å². The van der Waals surface area contributed by atoms with Crippen LogP contribution < -0.4 is 5.73 Å². The van der Waals surface area contributed by atoms with Crippen molar-refractivity contribution in [3.8, 4) is 0 Å². The zero-order valence-corrected chi connectivity index (χ0v) is 7.84. The molecule has 0 aliphatic carbocycles. The third kappa shape index (κ3) is 1.79. The van der Waals surface area contributed by atoms with Crippen LogP contribution in [0.1, 0.15) is 5.89 Å². The number of benzene rings is 1. The molecule has 2 rings (SSSR count). The molecule has 0 aliphatic rings. The molecule has 78 valence electrons. The Morgan fingerprint density at radius 2 is 2.33 bits per heavy atom. The third-order valence-electron chi connectivity index (χ3n) is 1.99. The Morgan fingerprint density at radius 3 is 3.00 bits per heavy atom. The van der Waals surface area contributed by atoms with Crippen LogP contribution >= 0.6 is 0 Å². The van der Waals surface area contributed by atoms with Crippen LogP contribution in [0.15, 0.2) is 22.6 Å². The maximum Gasteiger partial charge on any atom is 0.273 e. The highest BCUT2D eigenvalue weighted by molar-refractivity contribution is 5.75. The highest BCUT2D eigenvalue weighted by Gasteiger charge is 2.10. The summed E-state index contributed by atoms with van der Waals surface area (Å²) in [6, 6.07) is 4.33. The number of oxazole rings is 1. The summed E-state index contributed by atoms with van der Waals surface area (Å²) in [5.74, 6) is 0.507. The van der Waals surface area contributed by atoms with Gasteiger partial charge in [0.05, 0.1) is 11.0 Å². The Morgan fingerprint density at radius 1 is 1.53 bits per heavy atom. The Labute approximate surface area is 84.8 Å². The van der Waals surface area contributed by atoms with Crippen LogP contribution in [0.4, 0.5) is 5.69 Å². The van der Waals surface area contributed by atoms with Gasteiger partial charge in [-0.25, -0.2) is 4.98 Å². The second kappa shape index (κ2) is 3.66.